The Bertz CT molecular complexity index is 335. The van der Waals surface area contributed by atoms with E-state index in [0.29, 0.717) is 10.1 Å². The highest BCUT2D eigenvalue weighted by atomic mass is 127. The van der Waals surface area contributed by atoms with Gasteiger partial charge in [0.05, 0.1) is 3.57 Å². The van der Waals surface area contributed by atoms with Gasteiger partial charge in [-0.05, 0) is 29.0 Å². The maximum absolute atomic E-state index is 10.8. The molecule has 0 spiro atoms. The predicted octanol–water partition coefficient (Wildman–Crippen LogP) is 1.18. The maximum atomic E-state index is 10.8. The Morgan fingerprint density at radius 1 is 1.77 bits per heavy atom. The smallest absolute Gasteiger partial charge is 0.355 e. The predicted molar refractivity (Wildman–Crippen MR) is 56.6 cm³/mol. The van der Waals surface area contributed by atoms with Gasteiger partial charge in [-0.25, -0.2) is 4.79 Å². The van der Waals surface area contributed by atoms with E-state index in [0.717, 1.165) is 6.42 Å². The van der Waals surface area contributed by atoms with E-state index >= 15 is 0 Å². The van der Waals surface area contributed by atoms with Gasteiger partial charge in [0.2, 0.25) is 0 Å². The second-order valence-corrected chi connectivity index (χ2v) is 3.65. The molecule has 0 unspecified atom stereocenters. The van der Waals surface area contributed by atoms with Gasteiger partial charge >= 0.3 is 5.97 Å². The number of aromatic nitrogens is 2. The lowest BCUT2D eigenvalue weighted by Crippen LogP contribution is -2.10. The van der Waals surface area contributed by atoms with Crippen LogP contribution < -0.4 is 5.73 Å². The Balaban J connectivity index is 3.18. The Kier molecular flexibility index (Phi) is 3.12. The quantitative estimate of drug-likeness (QED) is 0.820. The number of carboxylic acids is 1. The Labute approximate surface area is 89.1 Å². The van der Waals surface area contributed by atoms with Crippen LogP contribution in [0.1, 0.15) is 23.8 Å². The summed E-state index contributed by atoms with van der Waals surface area (Å²) in [4.78, 5) is 10.8. The van der Waals surface area contributed by atoms with Crippen LogP contribution in [0.3, 0.4) is 0 Å². The molecule has 0 aliphatic heterocycles. The van der Waals surface area contributed by atoms with Crippen LogP contribution in [0.4, 0.5) is 5.82 Å². The SMILES string of the molecule is CCCn1nc(N)c(I)c1C(=O)O. The van der Waals surface area contributed by atoms with Gasteiger partial charge in [-0.1, -0.05) is 6.92 Å². The van der Waals surface area contributed by atoms with Crippen LogP contribution in [0.15, 0.2) is 0 Å². The number of anilines is 1. The number of nitrogens with zero attached hydrogens (tertiary/aromatic N) is 2. The summed E-state index contributed by atoms with van der Waals surface area (Å²) in [6.45, 7) is 2.53. The van der Waals surface area contributed by atoms with Gasteiger partial charge in [-0.15, -0.1) is 0 Å². The molecule has 6 heteroatoms. The minimum absolute atomic E-state index is 0.181. The molecule has 0 bridgehead atoms. The Morgan fingerprint density at radius 2 is 2.38 bits per heavy atom. The summed E-state index contributed by atoms with van der Waals surface area (Å²) in [7, 11) is 0. The van der Waals surface area contributed by atoms with Crippen molar-refractivity contribution in [3.8, 4) is 0 Å². The van der Waals surface area contributed by atoms with E-state index < -0.39 is 5.97 Å². The van der Waals surface area contributed by atoms with Gasteiger partial charge in [0.15, 0.2) is 11.5 Å². The molecule has 0 atom stereocenters. The fraction of sp³-hybridized carbons (Fsp3) is 0.429. The van der Waals surface area contributed by atoms with Crippen LogP contribution in [0.25, 0.3) is 0 Å². The minimum atomic E-state index is -0.984. The van der Waals surface area contributed by atoms with Gasteiger partial charge in [-0.3, -0.25) is 4.68 Å². The zero-order chi connectivity index (χ0) is 10.0. The summed E-state index contributed by atoms with van der Waals surface area (Å²) < 4.78 is 1.94. The van der Waals surface area contributed by atoms with Crippen molar-refractivity contribution in [2.45, 2.75) is 19.9 Å². The van der Waals surface area contributed by atoms with Gasteiger partial charge in [0.25, 0.3) is 0 Å². The molecule has 0 amide bonds. The van der Waals surface area contributed by atoms with Crippen LogP contribution in [-0.2, 0) is 6.54 Å². The second-order valence-electron chi connectivity index (χ2n) is 2.58. The first-order valence-corrected chi connectivity index (χ1v) is 4.90. The van der Waals surface area contributed by atoms with Crippen molar-refractivity contribution in [2.24, 2.45) is 0 Å². The van der Waals surface area contributed by atoms with E-state index in [1.54, 1.807) is 0 Å². The number of rotatable bonds is 3. The van der Waals surface area contributed by atoms with Crippen LogP contribution >= 0.6 is 22.6 Å². The summed E-state index contributed by atoms with van der Waals surface area (Å²) in [5, 5.41) is 12.8. The molecule has 0 aliphatic carbocycles. The molecule has 0 fully saturated rings. The number of nitrogens with two attached hydrogens (primary N) is 1. The summed E-state index contributed by atoms with van der Waals surface area (Å²) in [5.74, 6) is -0.700. The molecule has 0 radical (unpaired) electrons. The van der Waals surface area contributed by atoms with Crippen LogP contribution in [0.2, 0.25) is 0 Å². The summed E-state index contributed by atoms with van der Waals surface area (Å²) in [5.41, 5.74) is 5.69. The second kappa shape index (κ2) is 3.95. The van der Waals surface area contributed by atoms with Crippen molar-refractivity contribution in [2.75, 3.05) is 5.73 Å². The summed E-state index contributed by atoms with van der Waals surface area (Å²) in [6, 6.07) is 0. The third-order valence-electron chi connectivity index (χ3n) is 1.56. The van der Waals surface area contributed by atoms with Gasteiger partial charge in [0.1, 0.15) is 0 Å². The highest BCUT2D eigenvalue weighted by Gasteiger charge is 2.18. The lowest BCUT2D eigenvalue weighted by molar-refractivity contribution is 0.0682. The van der Waals surface area contributed by atoms with E-state index in [9.17, 15) is 4.79 Å². The standard InChI is InChI=1S/C7H10IN3O2/c1-2-3-11-5(7(12)13)4(8)6(9)10-11/h2-3H2,1H3,(H2,9,10)(H,12,13). The first-order valence-electron chi connectivity index (χ1n) is 3.83. The van der Waals surface area contributed by atoms with E-state index in [-0.39, 0.29) is 11.5 Å². The molecule has 13 heavy (non-hydrogen) atoms. The maximum Gasteiger partial charge on any atom is 0.355 e. The van der Waals surface area contributed by atoms with E-state index in [4.69, 9.17) is 10.8 Å². The third kappa shape index (κ3) is 1.93. The molecule has 0 saturated carbocycles. The summed E-state index contributed by atoms with van der Waals surface area (Å²) >= 11 is 1.89. The molecule has 1 heterocycles. The third-order valence-corrected chi connectivity index (χ3v) is 2.62. The molecule has 5 nitrogen and oxygen atoms in total. The number of carbonyl (C=O) groups is 1. The van der Waals surface area contributed by atoms with E-state index in [1.165, 1.54) is 4.68 Å². The van der Waals surface area contributed by atoms with Crippen molar-refractivity contribution < 1.29 is 9.90 Å². The average Bonchev–Trinajstić information content (AvgIpc) is 2.28. The number of halogens is 1. The lowest BCUT2D eigenvalue weighted by Gasteiger charge is -2.00. The van der Waals surface area contributed by atoms with Gasteiger partial charge in [0, 0.05) is 6.54 Å². The topological polar surface area (TPSA) is 81.1 Å². The van der Waals surface area contributed by atoms with Crippen LogP contribution in [-0.4, -0.2) is 20.9 Å². The molecular formula is C7H10IN3O2. The molecule has 0 saturated heterocycles. The molecule has 72 valence electrons. The average molecular weight is 295 g/mol. The number of nitrogen functional groups attached to an aromatic ring is 1. The molecule has 1 aromatic heterocycles. The summed E-state index contributed by atoms with van der Waals surface area (Å²) in [6.07, 6.45) is 0.831. The number of aromatic carboxylic acids is 1. The molecule has 1 aromatic rings. The largest absolute Gasteiger partial charge is 0.476 e. The lowest BCUT2D eigenvalue weighted by atomic mass is 10.4. The van der Waals surface area contributed by atoms with Gasteiger partial charge < -0.3 is 10.8 Å². The van der Waals surface area contributed by atoms with Crippen LogP contribution in [0, 0.1) is 3.57 Å². The zero-order valence-corrected chi connectivity index (χ0v) is 9.28. The van der Waals surface area contributed by atoms with Crippen LogP contribution in [0.5, 0.6) is 0 Å². The number of carboxylic acid groups (broad SMARTS) is 1. The normalized spacial score (nSPS) is 10.3. The monoisotopic (exact) mass is 295 g/mol. The first-order chi connectivity index (χ1) is 6.07. The van der Waals surface area contributed by atoms with Crippen molar-refractivity contribution in [3.05, 3.63) is 9.26 Å². The van der Waals surface area contributed by atoms with Crippen molar-refractivity contribution in [3.63, 3.8) is 0 Å². The van der Waals surface area contributed by atoms with E-state index in [1.807, 2.05) is 29.5 Å². The fourth-order valence-corrected chi connectivity index (χ4v) is 1.65. The van der Waals surface area contributed by atoms with Crippen molar-refractivity contribution >= 4 is 34.4 Å². The number of hydrogen-bond donors (Lipinski definition) is 2. The number of hydrogen-bond acceptors (Lipinski definition) is 3. The van der Waals surface area contributed by atoms with Crippen molar-refractivity contribution in [1.82, 2.24) is 9.78 Å². The Hall–Kier alpha value is -0.790. The first kappa shape index (κ1) is 10.3. The zero-order valence-electron chi connectivity index (χ0n) is 7.12. The minimum Gasteiger partial charge on any atom is -0.476 e. The molecule has 0 aliphatic rings. The molecule has 3 N–H and O–H groups in total. The highest BCUT2D eigenvalue weighted by molar-refractivity contribution is 14.1. The molecule has 1 rings (SSSR count). The number of aryl methyl sites for hydroxylation is 1. The fourth-order valence-electron chi connectivity index (χ4n) is 1.04. The highest BCUT2D eigenvalue weighted by Crippen LogP contribution is 2.19. The molecular weight excluding hydrogens is 285 g/mol. The Morgan fingerprint density at radius 3 is 2.85 bits per heavy atom. The van der Waals surface area contributed by atoms with Gasteiger partial charge in [-0.2, -0.15) is 5.10 Å². The van der Waals surface area contributed by atoms with Crippen molar-refractivity contribution in [1.29, 1.82) is 0 Å². The molecule has 0 aromatic carbocycles. The van der Waals surface area contributed by atoms with E-state index in [2.05, 4.69) is 5.10 Å².